The molecule has 0 heterocycles. The van der Waals surface area contributed by atoms with Gasteiger partial charge in [0.2, 0.25) is 0 Å². The van der Waals surface area contributed by atoms with Gasteiger partial charge in [-0.3, -0.25) is 0 Å². The standard InChI is InChI=1S/C14H19N/c1-4-5-6-10-14(15)13-9-7-8-11(2)12(13)3/h7-9,14H,6,10,15H2,1-3H3. The van der Waals surface area contributed by atoms with Gasteiger partial charge >= 0.3 is 0 Å². The molecule has 0 radical (unpaired) electrons. The van der Waals surface area contributed by atoms with Crippen LogP contribution in [0.1, 0.15) is 42.5 Å². The van der Waals surface area contributed by atoms with Gasteiger partial charge in [0, 0.05) is 12.5 Å². The van der Waals surface area contributed by atoms with Crippen molar-refractivity contribution in [3.63, 3.8) is 0 Å². The van der Waals surface area contributed by atoms with Crippen LogP contribution in [0.2, 0.25) is 0 Å². The molecule has 1 atom stereocenters. The molecule has 1 rings (SSSR count). The topological polar surface area (TPSA) is 26.0 Å². The number of nitrogens with two attached hydrogens (primary N) is 1. The fourth-order valence-electron chi connectivity index (χ4n) is 1.68. The summed E-state index contributed by atoms with van der Waals surface area (Å²) in [6.45, 7) is 6.12. The number of hydrogen-bond acceptors (Lipinski definition) is 1. The van der Waals surface area contributed by atoms with Gasteiger partial charge in [0.25, 0.3) is 0 Å². The summed E-state index contributed by atoms with van der Waals surface area (Å²) in [7, 11) is 0. The Morgan fingerprint density at radius 1 is 1.33 bits per heavy atom. The Hall–Kier alpha value is -1.26. The number of rotatable bonds is 3. The van der Waals surface area contributed by atoms with Gasteiger partial charge in [-0.05, 0) is 43.9 Å². The molecule has 1 unspecified atom stereocenters. The lowest BCUT2D eigenvalue weighted by atomic mass is 9.95. The minimum atomic E-state index is 0.116. The van der Waals surface area contributed by atoms with Gasteiger partial charge in [-0.15, -0.1) is 11.8 Å². The molecule has 80 valence electrons. The van der Waals surface area contributed by atoms with Crippen molar-refractivity contribution in [1.29, 1.82) is 0 Å². The summed E-state index contributed by atoms with van der Waals surface area (Å²) < 4.78 is 0. The largest absolute Gasteiger partial charge is 0.324 e. The van der Waals surface area contributed by atoms with Crippen LogP contribution < -0.4 is 5.73 Å². The van der Waals surface area contributed by atoms with Gasteiger partial charge in [-0.25, -0.2) is 0 Å². The lowest BCUT2D eigenvalue weighted by molar-refractivity contribution is 0.663. The third kappa shape index (κ3) is 3.11. The van der Waals surface area contributed by atoms with E-state index in [0.29, 0.717) is 0 Å². The minimum Gasteiger partial charge on any atom is -0.324 e. The summed E-state index contributed by atoms with van der Waals surface area (Å²) in [6, 6.07) is 6.43. The third-order valence-corrected chi connectivity index (χ3v) is 2.80. The average molecular weight is 201 g/mol. The maximum Gasteiger partial charge on any atom is 0.0306 e. The SMILES string of the molecule is CC#CCCC(N)c1cccc(C)c1C. The molecule has 0 bridgehead atoms. The maximum atomic E-state index is 6.14. The van der Waals surface area contributed by atoms with Gasteiger partial charge in [-0.2, -0.15) is 0 Å². The van der Waals surface area contributed by atoms with Gasteiger partial charge in [0.15, 0.2) is 0 Å². The van der Waals surface area contributed by atoms with Crippen molar-refractivity contribution in [2.24, 2.45) is 5.73 Å². The highest BCUT2D eigenvalue weighted by Gasteiger charge is 2.08. The predicted octanol–water partition coefficient (Wildman–Crippen LogP) is 3.11. The Morgan fingerprint density at radius 3 is 2.73 bits per heavy atom. The summed E-state index contributed by atoms with van der Waals surface area (Å²) in [4.78, 5) is 0. The molecule has 1 aromatic rings. The summed E-state index contributed by atoms with van der Waals surface area (Å²) in [5, 5.41) is 0. The van der Waals surface area contributed by atoms with E-state index >= 15 is 0 Å². The number of hydrogen-bond donors (Lipinski definition) is 1. The molecule has 0 fully saturated rings. The van der Waals surface area contributed by atoms with Crippen LogP contribution in [0, 0.1) is 25.7 Å². The first-order chi connectivity index (χ1) is 7.16. The molecule has 0 saturated carbocycles. The van der Waals surface area contributed by atoms with Crippen LogP contribution in [-0.2, 0) is 0 Å². The van der Waals surface area contributed by atoms with E-state index < -0.39 is 0 Å². The molecular formula is C14H19N. The van der Waals surface area contributed by atoms with E-state index in [2.05, 4.69) is 43.9 Å². The van der Waals surface area contributed by atoms with Crippen molar-refractivity contribution in [3.8, 4) is 11.8 Å². The van der Waals surface area contributed by atoms with Crippen LogP contribution in [0.4, 0.5) is 0 Å². The zero-order valence-corrected chi connectivity index (χ0v) is 9.80. The van der Waals surface area contributed by atoms with Gasteiger partial charge in [0.05, 0.1) is 0 Å². The fraction of sp³-hybridized carbons (Fsp3) is 0.429. The molecular weight excluding hydrogens is 182 g/mol. The monoisotopic (exact) mass is 201 g/mol. The first-order valence-electron chi connectivity index (χ1n) is 5.38. The molecule has 1 aromatic carbocycles. The molecule has 0 aliphatic carbocycles. The van der Waals surface area contributed by atoms with Gasteiger partial charge < -0.3 is 5.73 Å². The molecule has 15 heavy (non-hydrogen) atoms. The van der Waals surface area contributed by atoms with Crippen molar-refractivity contribution in [3.05, 3.63) is 34.9 Å². The molecule has 0 aliphatic heterocycles. The smallest absolute Gasteiger partial charge is 0.0306 e. The molecule has 1 nitrogen and oxygen atoms in total. The quantitative estimate of drug-likeness (QED) is 0.747. The summed E-state index contributed by atoms with van der Waals surface area (Å²) in [6.07, 6.45) is 1.82. The lowest BCUT2D eigenvalue weighted by Crippen LogP contribution is -2.11. The summed E-state index contributed by atoms with van der Waals surface area (Å²) >= 11 is 0. The Bertz CT molecular complexity index is 382. The molecule has 0 aliphatic rings. The van der Waals surface area contributed by atoms with Crippen LogP contribution in [0.25, 0.3) is 0 Å². The highest BCUT2D eigenvalue weighted by molar-refractivity contribution is 5.35. The average Bonchev–Trinajstić information content (AvgIpc) is 2.22. The van der Waals surface area contributed by atoms with Crippen LogP contribution in [-0.4, -0.2) is 0 Å². The Balaban J connectivity index is 2.76. The molecule has 0 amide bonds. The van der Waals surface area contributed by atoms with Crippen molar-refractivity contribution in [2.75, 3.05) is 0 Å². The molecule has 0 spiro atoms. The molecule has 2 N–H and O–H groups in total. The zero-order valence-electron chi connectivity index (χ0n) is 9.80. The van der Waals surface area contributed by atoms with Crippen LogP contribution >= 0.6 is 0 Å². The second-order valence-electron chi connectivity index (χ2n) is 3.86. The van der Waals surface area contributed by atoms with E-state index in [1.807, 2.05) is 6.92 Å². The van der Waals surface area contributed by atoms with Crippen molar-refractivity contribution in [2.45, 2.75) is 39.7 Å². The lowest BCUT2D eigenvalue weighted by Gasteiger charge is -2.14. The van der Waals surface area contributed by atoms with Crippen LogP contribution in [0.3, 0.4) is 0 Å². The highest BCUT2D eigenvalue weighted by atomic mass is 14.6. The number of benzene rings is 1. The first kappa shape index (κ1) is 11.8. The van der Waals surface area contributed by atoms with Crippen LogP contribution in [0.5, 0.6) is 0 Å². The van der Waals surface area contributed by atoms with Gasteiger partial charge in [0.1, 0.15) is 0 Å². The van der Waals surface area contributed by atoms with E-state index in [1.54, 1.807) is 0 Å². The summed E-state index contributed by atoms with van der Waals surface area (Å²) in [5.74, 6) is 5.95. The Morgan fingerprint density at radius 2 is 2.07 bits per heavy atom. The minimum absolute atomic E-state index is 0.116. The van der Waals surface area contributed by atoms with Crippen molar-refractivity contribution in [1.82, 2.24) is 0 Å². The summed E-state index contributed by atoms with van der Waals surface area (Å²) in [5.41, 5.74) is 10.0. The normalized spacial score (nSPS) is 11.7. The highest BCUT2D eigenvalue weighted by Crippen LogP contribution is 2.21. The van der Waals surface area contributed by atoms with E-state index in [9.17, 15) is 0 Å². The van der Waals surface area contributed by atoms with E-state index in [1.165, 1.54) is 16.7 Å². The van der Waals surface area contributed by atoms with Gasteiger partial charge in [-0.1, -0.05) is 18.2 Å². The predicted molar refractivity (Wildman–Crippen MR) is 65.5 cm³/mol. The second kappa shape index (κ2) is 5.58. The third-order valence-electron chi connectivity index (χ3n) is 2.80. The maximum absolute atomic E-state index is 6.14. The van der Waals surface area contributed by atoms with Crippen LogP contribution in [0.15, 0.2) is 18.2 Å². The van der Waals surface area contributed by atoms with E-state index in [0.717, 1.165) is 12.8 Å². The first-order valence-corrected chi connectivity index (χ1v) is 5.38. The Labute approximate surface area is 92.7 Å². The van der Waals surface area contributed by atoms with E-state index in [4.69, 9.17) is 5.73 Å². The molecule has 1 heteroatoms. The van der Waals surface area contributed by atoms with E-state index in [-0.39, 0.29) is 6.04 Å². The van der Waals surface area contributed by atoms with Crippen molar-refractivity contribution >= 4 is 0 Å². The van der Waals surface area contributed by atoms with Crippen molar-refractivity contribution < 1.29 is 0 Å². The molecule has 0 saturated heterocycles. The fourth-order valence-corrected chi connectivity index (χ4v) is 1.68. The second-order valence-corrected chi connectivity index (χ2v) is 3.86. The molecule has 0 aromatic heterocycles. The zero-order chi connectivity index (χ0) is 11.3. The Kier molecular flexibility index (Phi) is 4.39. The number of aryl methyl sites for hydroxylation is 1.